The third-order valence-electron chi connectivity index (χ3n) is 18.3. The van der Waals surface area contributed by atoms with Crippen LogP contribution in [0, 0.1) is 0 Å². The largest absolute Gasteiger partial charge is 0.466 e. The van der Waals surface area contributed by atoms with Gasteiger partial charge in [-0.2, -0.15) is 0 Å². The molecule has 2 atom stereocenters. The zero-order chi connectivity index (χ0) is 60.6. The first-order valence-electron chi connectivity index (χ1n) is 38.6. The third-order valence-corrected chi connectivity index (χ3v) is 18.3. The third kappa shape index (κ3) is 69.4. The van der Waals surface area contributed by atoms with Crippen molar-refractivity contribution >= 4 is 11.9 Å². The van der Waals surface area contributed by atoms with Gasteiger partial charge in [-0.25, -0.2) is 0 Å². The highest BCUT2D eigenvalue weighted by Gasteiger charge is 2.20. The number of hydrogen-bond donors (Lipinski definition) is 3. The monoisotopic (exact) mass is 1180 g/mol. The Kier molecular flexibility index (Phi) is 72.3. The van der Waals surface area contributed by atoms with E-state index in [9.17, 15) is 19.8 Å². The van der Waals surface area contributed by atoms with Crippen molar-refractivity contribution in [1.82, 2.24) is 5.32 Å². The van der Waals surface area contributed by atoms with Crippen molar-refractivity contribution in [3.63, 3.8) is 0 Å². The molecule has 0 aliphatic rings. The second-order valence-corrected chi connectivity index (χ2v) is 26.7. The summed E-state index contributed by atoms with van der Waals surface area (Å²) in [6.07, 6.45) is 94.0. The van der Waals surface area contributed by atoms with Crippen LogP contribution in [0.4, 0.5) is 0 Å². The first kappa shape index (κ1) is 82.3. The number of allylic oxidation sites excluding steroid dienone is 4. The molecule has 0 aromatic heterocycles. The van der Waals surface area contributed by atoms with Gasteiger partial charge in [0, 0.05) is 12.8 Å². The molecule has 0 fully saturated rings. The number of carbonyl (C=O) groups excluding carboxylic acids is 2. The molecule has 2 unspecified atom stereocenters. The summed E-state index contributed by atoms with van der Waals surface area (Å²) >= 11 is 0. The van der Waals surface area contributed by atoms with Crippen molar-refractivity contribution in [2.75, 3.05) is 13.2 Å². The van der Waals surface area contributed by atoms with Crippen LogP contribution in [0.15, 0.2) is 24.3 Å². The Morgan fingerprint density at radius 1 is 0.333 bits per heavy atom. The summed E-state index contributed by atoms with van der Waals surface area (Å²) in [5.41, 5.74) is 0. The molecule has 6 heteroatoms. The van der Waals surface area contributed by atoms with E-state index >= 15 is 0 Å². The van der Waals surface area contributed by atoms with Gasteiger partial charge in [0.2, 0.25) is 5.91 Å². The number of aliphatic hydroxyl groups excluding tert-OH is 2. The Balaban J connectivity index is 3.37. The zero-order valence-electron chi connectivity index (χ0n) is 57.2. The molecule has 498 valence electrons. The van der Waals surface area contributed by atoms with Gasteiger partial charge in [-0.05, 0) is 57.8 Å². The lowest BCUT2D eigenvalue weighted by Crippen LogP contribution is -2.45. The van der Waals surface area contributed by atoms with Crippen molar-refractivity contribution in [2.45, 2.75) is 450 Å². The van der Waals surface area contributed by atoms with Crippen LogP contribution < -0.4 is 5.32 Å². The highest BCUT2D eigenvalue weighted by Crippen LogP contribution is 2.20. The molecule has 3 N–H and O–H groups in total. The maximum Gasteiger partial charge on any atom is 0.305 e. The van der Waals surface area contributed by atoms with Crippen LogP contribution in [0.1, 0.15) is 438 Å². The predicted octanol–water partition coefficient (Wildman–Crippen LogP) is 25.3. The molecule has 0 rings (SSSR count). The molecule has 0 aliphatic carbocycles. The summed E-state index contributed by atoms with van der Waals surface area (Å²) in [6, 6.07) is -0.540. The Hall–Kier alpha value is -1.66. The molecule has 0 aromatic rings. The number of amides is 1. The molecule has 0 saturated carbocycles. The van der Waals surface area contributed by atoms with Crippen molar-refractivity contribution in [3.05, 3.63) is 24.3 Å². The minimum Gasteiger partial charge on any atom is -0.466 e. The predicted molar refractivity (Wildman–Crippen MR) is 370 cm³/mol. The second-order valence-electron chi connectivity index (χ2n) is 26.7. The fourth-order valence-electron chi connectivity index (χ4n) is 12.4. The standard InChI is InChI=1S/C78H151NO5/c1-3-5-7-9-11-13-15-17-18-19-20-38-41-44-47-50-54-58-62-66-70-76(81)75(74-80)79-77(82)71-67-63-59-55-51-48-45-42-39-36-34-32-30-28-26-24-22-21-23-25-27-29-31-33-35-37-40-43-46-49-53-57-61-65-69-73-84-78(83)72-68-64-60-56-52-16-14-12-10-8-6-4-2/h23,25,29,31,75-76,80-81H,3-22,24,26-28,30,32-74H2,1-2H3,(H,79,82)/b25-23-,31-29-. The van der Waals surface area contributed by atoms with Gasteiger partial charge in [-0.3, -0.25) is 9.59 Å². The molecule has 84 heavy (non-hydrogen) atoms. The van der Waals surface area contributed by atoms with Crippen LogP contribution in [-0.4, -0.2) is 47.4 Å². The number of nitrogens with one attached hydrogen (secondary N) is 1. The normalized spacial score (nSPS) is 12.6. The van der Waals surface area contributed by atoms with Crippen LogP contribution in [0.2, 0.25) is 0 Å². The van der Waals surface area contributed by atoms with E-state index in [0.717, 1.165) is 44.9 Å². The lowest BCUT2D eigenvalue weighted by Gasteiger charge is -2.22. The average Bonchev–Trinajstić information content (AvgIpc) is 3.52. The SMILES string of the molecule is CCCCCCCCCCCCCCCCCCCCCCC(O)C(CO)NC(=O)CCCCCCCCCCCCCCCCCCC/C=C\C/C=C\CCCCCCCCCCCCCOC(=O)CCCCCCCCCCCCCC. The van der Waals surface area contributed by atoms with Crippen LogP contribution in [-0.2, 0) is 14.3 Å². The van der Waals surface area contributed by atoms with Gasteiger partial charge in [0.25, 0.3) is 0 Å². The molecule has 0 aromatic carbocycles. The smallest absolute Gasteiger partial charge is 0.305 e. The molecular weight excluding hydrogens is 1030 g/mol. The van der Waals surface area contributed by atoms with E-state index in [-0.39, 0.29) is 18.5 Å². The highest BCUT2D eigenvalue weighted by molar-refractivity contribution is 5.76. The fraction of sp³-hybridized carbons (Fsp3) is 0.923. The lowest BCUT2D eigenvalue weighted by atomic mass is 10.0. The Labute approximate surface area is 526 Å². The number of aliphatic hydroxyl groups is 2. The van der Waals surface area contributed by atoms with Crippen molar-refractivity contribution in [3.8, 4) is 0 Å². The van der Waals surface area contributed by atoms with Crippen LogP contribution >= 0.6 is 0 Å². The molecule has 0 radical (unpaired) electrons. The van der Waals surface area contributed by atoms with E-state index in [2.05, 4.69) is 43.5 Å². The summed E-state index contributed by atoms with van der Waals surface area (Å²) in [7, 11) is 0. The van der Waals surface area contributed by atoms with E-state index in [0.29, 0.717) is 25.9 Å². The van der Waals surface area contributed by atoms with E-state index in [1.165, 1.54) is 360 Å². The van der Waals surface area contributed by atoms with Crippen LogP contribution in [0.3, 0.4) is 0 Å². The second kappa shape index (κ2) is 73.8. The Bertz CT molecular complexity index is 1320. The summed E-state index contributed by atoms with van der Waals surface area (Å²) in [5, 5.41) is 23.4. The number of ether oxygens (including phenoxy) is 1. The number of rotatable bonds is 73. The lowest BCUT2D eigenvalue weighted by molar-refractivity contribution is -0.143. The summed E-state index contributed by atoms with van der Waals surface area (Å²) < 4.78 is 5.48. The quantitative estimate of drug-likeness (QED) is 0.0320. The maximum absolute atomic E-state index is 12.6. The van der Waals surface area contributed by atoms with Crippen molar-refractivity contribution < 1.29 is 24.5 Å². The van der Waals surface area contributed by atoms with Gasteiger partial charge in [-0.15, -0.1) is 0 Å². The maximum atomic E-state index is 12.6. The molecule has 1 amide bonds. The van der Waals surface area contributed by atoms with Gasteiger partial charge < -0.3 is 20.3 Å². The topological polar surface area (TPSA) is 95.9 Å². The van der Waals surface area contributed by atoms with Gasteiger partial charge in [0.05, 0.1) is 25.4 Å². The minimum absolute atomic E-state index is 0.0183. The molecule has 6 nitrogen and oxygen atoms in total. The zero-order valence-corrected chi connectivity index (χ0v) is 57.2. The van der Waals surface area contributed by atoms with Gasteiger partial charge in [0.15, 0.2) is 0 Å². The number of unbranched alkanes of at least 4 members (excludes halogenated alkanes) is 58. The van der Waals surface area contributed by atoms with Gasteiger partial charge in [0.1, 0.15) is 0 Å². The Morgan fingerprint density at radius 3 is 0.905 bits per heavy atom. The van der Waals surface area contributed by atoms with E-state index in [4.69, 9.17) is 4.74 Å². The first-order chi connectivity index (χ1) is 41.5. The van der Waals surface area contributed by atoms with Crippen molar-refractivity contribution in [1.29, 1.82) is 0 Å². The van der Waals surface area contributed by atoms with Gasteiger partial charge >= 0.3 is 5.97 Å². The van der Waals surface area contributed by atoms with Gasteiger partial charge in [-0.1, -0.05) is 391 Å². The average molecular weight is 1180 g/mol. The number of carbonyl (C=O) groups is 2. The van der Waals surface area contributed by atoms with E-state index in [1.54, 1.807) is 0 Å². The highest BCUT2D eigenvalue weighted by atomic mass is 16.5. The van der Waals surface area contributed by atoms with Crippen LogP contribution in [0.5, 0.6) is 0 Å². The summed E-state index contributed by atoms with van der Waals surface area (Å²) in [6.45, 7) is 5.00. The fourth-order valence-corrected chi connectivity index (χ4v) is 12.4. The van der Waals surface area contributed by atoms with Crippen LogP contribution in [0.25, 0.3) is 0 Å². The number of hydrogen-bond acceptors (Lipinski definition) is 5. The first-order valence-corrected chi connectivity index (χ1v) is 38.6. The Morgan fingerprint density at radius 2 is 0.595 bits per heavy atom. The summed E-state index contributed by atoms with van der Waals surface area (Å²) in [4.78, 5) is 24.6. The molecular formula is C78H151NO5. The van der Waals surface area contributed by atoms with E-state index < -0.39 is 12.1 Å². The molecule has 0 aliphatic heterocycles. The molecule has 0 heterocycles. The molecule has 0 spiro atoms. The minimum atomic E-state index is -0.663. The number of esters is 1. The summed E-state index contributed by atoms with van der Waals surface area (Å²) in [5.74, 6) is -0.00940. The molecule has 0 saturated heterocycles. The van der Waals surface area contributed by atoms with Crippen molar-refractivity contribution in [2.24, 2.45) is 0 Å². The van der Waals surface area contributed by atoms with E-state index in [1.807, 2.05) is 0 Å². The molecule has 0 bridgehead atoms.